The van der Waals surface area contributed by atoms with E-state index in [9.17, 15) is 4.79 Å². The molecule has 2 aromatic heterocycles. The zero-order chi connectivity index (χ0) is 25.4. The first-order valence-electron chi connectivity index (χ1n) is 12.3. The number of hydrogen-bond acceptors (Lipinski definition) is 8. The normalized spacial score (nSPS) is 18.5. The highest BCUT2D eigenvalue weighted by molar-refractivity contribution is 5.73. The predicted octanol–water partition coefficient (Wildman–Crippen LogP) is 5.18. The molecule has 1 N–H and O–H groups in total. The number of nitrogens with zero attached hydrogens (tertiary/aromatic N) is 4. The third-order valence-electron chi connectivity index (χ3n) is 6.56. The van der Waals surface area contributed by atoms with Crippen LogP contribution in [0.25, 0.3) is 0 Å². The summed E-state index contributed by atoms with van der Waals surface area (Å²) in [6, 6.07) is 8.06. The average molecular weight is 480 g/mol. The topological polar surface area (TPSA) is 100 Å². The standard InChI is InChI=1S/C27H37N5O3/c1-18(2)17-32(22-7-9-23(34-4)10-8-22)27-24(31-25-11-6-20(14-28)15-29-25)13-21(16-30-27)19(3)12-26(33)35-5/h6,11,13,15-16,18-19,22-23H,7-10,12,17H2,1-5H3,(H,29,31). The molecule has 8 nitrogen and oxygen atoms in total. The molecule has 188 valence electrons. The van der Waals surface area contributed by atoms with Gasteiger partial charge in [0.1, 0.15) is 11.9 Å². The molecule has 0 bridgehead atoms. The van der Waals surface area contributed by atoms with Gasteiger partial charge in [0.2, 0.25) is 0 Å². The van der Waals surface area contributed by atoms with E-state index in [1.165, 1.54) is 7.11 Å². The largest absolute Gasteiger partial charge is 0.469 e. The molecule has 0 aromatic carbocycles. The molecule has 1 fully saturated rings. The van der Waals surface area contributed by atoms with E-state index >= 15 is 0 Å². The van der Waals surface area contributed by atoms with Gasteiger partial charge in [0.05, 0.1) is 30.9 Å². The van der Waals surface area contributed by atoms with Gasteiger partial charge in [0, 0.05) is 32.1 Å². The van der Waals surface area contributed by atoms with Crippen molar-refractivity contribution in [3.8, 4) is 6.07 Å². The molecule has 2 aromatic rings. The van der Waals surface area contributed by atoms with Crippen LogP contribution in [0, 0.1) is 17.2 Å². The molecule has 1 atom stereocenters. The summed E-state index contributed by atoms with van der Waals surface area (Å²) in [4.78, 5) is 23.6. The number of anilines is 3. The Morgan fingerprint density at radius 2 is 1.91 bits per heavy atom. The zero-order valence-corrected chi connectivity index (χ0v) is 21.5. The number of carbonyl (C=O) groups excluding carboxylic acids is 1. The van der Waals surface area contributed by atoms with E-state index in [0.717, 1.165) is 49.3 Å². The van der Waals surface area contributed by atoms with E-state index in [2.05, 4.69) is 41.2 Å². The van der Waals surface area contributed by atoms with Crippen LogP contribution in [-0.2, 0) is 14.3 Å². The molecular formula is C27H37N5O3. The van der Waals surface area contributed by atoms with Crippen molar-refractivity contribution >= 4 is 23.3 Å². The van der Waals surface area contributed by atoms with E-state index in [0.29, 0.717) is 29.4 Å². The van der Waals surface area contributed by atoms with Crippen LogP contribution < -0.4 is 10.2 Å². The van der Waals surface area contributed by atoms with E-state index < -0.39 is 0 Å². The minimum atomic E-state index is -0.249. The highest BCUT2D eigenvalue weighted by atomic mass is 16.5. The van der Waals surface area contributed by atoms with Gasteiger partial charge in [-0.15, -0.1) is 0 Å². The molecule has 1 aliphatic carbocycles. The molecule has 0 spiro atoms. The third kappa shape index (κ3) is 7.15. The van der Waals surface area contributed by atoms with Crippen LogP contribution in [-0.4, -0.2) is 48.8 Å². The van der Waals surface area contributed by atoms with Gasteiger partial charge in [-0.25, -0.2) is 9.97 Å². The maximum Gasteiger partial charge on any atom is 0.306 e. The van der Waals surface area contributed by atoms with Crippen LogP contribution >= 0.6 is 0 Å². The fraction of sp³-hybridized carbons (Fsp3) is 0.556. The molecule has 2 heterocycles. The van der Waals surface area contributed by atoms with Crippen molar-refractivity contribution in [3.63, 3.8) is 0 Å². The maximum atomic E-state index is 11.9. The smallest absolute Gasteiger partial charge is 0.306 e. The summed E-state index contributed by atoms with van der Waals surface area (Å²) in [5, 5.41) is 12.5. The number of ether oxygens (including phenoxy) is 2. The SMILES string of the molecule is COC(=O)CC(C)c1cnc(N(CC(C)C)C2CCC(OC)CC2)c(Nc2ccc(C#N)cn2)c1. The minimum Gasteiger partial charge on any atom is -0.469 e. The first-order chi connectivity index (χ1) is 16.8. The van der Waals surface area contributed by atoms with E-state index in [4.69, 9.17) is 19.7 Å². The molecule has 8 heteroatoms. The number of methoxy groups -OCH3 is 2. The number of esters is 1. The highest BCUT2D eigenvalue weighted by Gasteiger charge is 2.29. The van der Waals surface area contributed by atoms with Crippen LogP contribution in [0.2, 0.25) is 0 Å². The first kappa shape index (κ1) is 26.4. The second-order valence-electron chi connectivity index (χ2n) is 9.70. The van der Waals surface area contributed by atoms with Crippen LogP contribution in [0.3, 0.4) is 0 Å². The lowest BCUT2D eigenvalue weighted by Crippen LogP contribution is -2.42. The lowest BCUT2D eigenvalue weighted by molar-refractivity contribution is -0.140. The lowest BCUT2D eigenvalue weighted by Gasteiger charge is -2.39. The second-order valence-corrected chi connectivity index (χ2v) is 9.70. The van der Waals surface area contributed by atoms with E-state index in [1.54, 1.807) is 25.4 Å². The zero-order valence-electron chi connectivity index (χ0n) is 21.5. The Hall–Kier alpha value is -3.18. The number of aromatic nitrogens is 2. The summed E-state index contributed by atoms with van der Waals surface area (Å²) in [6.07, 6.45) is 8.17. The van der Waals surface area contributed by atoms with Crippen molar-refractivity contribution in [3.05, 3.63) is 41.7 Å². The third-order valence-corrected chi connectivity index (χ3v) is 6.56. The predicted molar refractivity (Wildman–Crippen MR) is 137 cm³/mol. The summed E-state index contributed by atoms with van der Waals surface area (Å²) >= 11 is 0. The van der Waals surface area contributed by atoms with Crippen molar-refractivity contribution in [2.24, 2.45) is 5.92 Å². The van der Waals surface area contributed by atoms with Gasteiger partial charge in [-0.3, -0.25) is 4.79 Å². The van der Waals surface area contributed by atoms with Gasteiger partial charge in [0.15, 0.2) is 5.82 Å². The van der Waals surface area contributed by atoms with Gasteiger partial charge in [0.25, 0.3) is 0 Å². The molecule has 3 rings (SSSR count). The van der Waals surface area contributed by atoms with E-state index in [-0.39, 0.29) is 18.3 Å². The fourth-order valence-electron chi connectivity index (χ4n) is 4.58. The monoisotopic (exact) mass is 479 g/mol. The molecule has 35 heavy (non-hydrogen) atoms. The minimum absolute atomic E-state index is 0.0471. The summed E-state index contributed by atoms with van der Waals surface area (Å²) in [5.41, 5.74) is 2.29. The number of rotatable bonds is 10. The Morgan fingerprint density at radius 3 is 2.49 bits per heavy atom. The second kappa shape index (κ2) is 12.5. The van der Waals surface area contributed by atoms with Crippen LogP contribution in [0.1, 0.15) is 69.9 Å². The molecule has 0 amide bonds. The number of hydrogen-bond donors (Lipinski definition) is 1. The van der Waals surface area contributed by atoms with Gasteiger partial charge < -0.3 is 19.7 Å². The quantitative estimate of drug-likeness (QED) is 0.465. The summed E-state index contributed by atoms with van der Waals surface area (Å²) in [6.45, 7) is 7.31. The summed E-state index contributed by atoms with van der Waals surface area (Å²) in [7, 11) is 3.20. The molecule has 1 unspecified atom stereocenters. The molecule has 1 aliphatic rings. The summed E-state index contributed by atoms with van der Waals surface area (Å²) in [5.74, 6) is 1.67. The highest BCUT2D eigenvalue weighted by Crippen LogP contribution is 2.35. The van der Waals surface area contributed by atoms with E-state index in [1.807, 2.05) is 13.1 Å². The van der Waals surface area contributed by atoms with Crippen molar-refractivity contribution in [2.45, 2.75) is 70.9 Å². The molecule has 0 saturated heterocycles. The number of nitriles is 1. The Labute approximate surface area is 208 Å². The number of carbonyl (C=O) groups is 1. The molecular weight excluding hydrogens is 442 g/mol. The average Bonchev–Trinajstić information content (AvgIpc) is 2.87. The Balaban J connectivity index is 1.98. The first-order valence-corrected chi connectivity index (χ1v) is 12.3. The van der Waals surface area contributed by atoms with Crippen LogP contribution in [0.5, 0.6) is 0 Å². The maximum absolute atomic E-state index is 11.9. The lowest BCUT2D eigenvalue weighted by atomic mass is 9.91. The number of pyridine rings is 2. The van der Waals surface area contributed by atoms with Gasteiger partial charge in [-0.05, 0) is 61.3 Å². The number of nitrogens with one attached hydrogen (secondary N) is 1. The Morgan fingerprint density at radius 1 is 1.17 bits per heavy atom. The van der Waals surface area contributed by atoms with Gasteiger partial charge in [-0.2, -0.15) is 5.26 Å². The van der Waals surface area contributed by atoms with Crippen LogP contribution in [0.15, 0.2) is 30.6 Å². The van der Waals surface area contributed by atoms with Crippen molar-refractivity contribution < 1.29 is 14.3 Å². The fourth-order valence-corrected chi connectivity index (χ4v) is 4.58. The molecule has 0 radical (unpaired) electrons. The van der Waals surface area contributed by atoms with Crippen molar-refractivity contribution in [1.29, 1.82) is 5.26 Å². The van der Waals surface area contributed by atoms with Gasteiger partial charge >= 0.3 is 5.97 Å². The Kier molecular flexibility index (Phi) is 9.44. The van der Waals surface area contributed by atoms with Crippen LogP contribution in [0.4, 0.5) is 17.3 Å². The summed E-state index contributed by atoms with van der Waals surface area (Å²) < 4.78 is 10.5. The van der Waals surface area contributed by atoms with Crippen molar-refractivity contribution in [2.75, 3.05) is 31.0 Å². The van der Waals surface area contributed by atoms with Crippen molar-refractivity contribution in [1.82, 2.24) is 9.97 Å². The Bertz CT molecular complexity index is 1010. The molecule has 1 saturated carbocycles. The van der Waals surface area contributed by atoms with Gasteiger partial charge in [-0.1, -0.05) is 20.8 Å². The molecule has 0 aliphatic heterocycles.